The van der Waals surface area contributed by atoms with Crippen LogP contribution in [0, 0.1) is 0 Å². The lowest BCUT2D eigenvalue weighted by Gasteiger charge is -2.37. The second-order valence-electron chi connectivity index (χ2n) is 8.00. The molecule has 0 saturated carbocycles. The molecule has 0 spiro atoms. The largest absolute Gasteiger partial charge is 0.497 e. The standard InChI is InChI=1S/C22H29N3O9/c1-11(25-14-10-13(32-2)9-12-6-4-7-23-15(12)14)5-3-8-24-22(31)34-21-18(28)16(26)17(27)19(33-21)20(29)30/h4,6-7,9-11,16-19,21,25-28H,3,5,8H2,1-2H3,(H,24,31)(H,29,30)/t11?,16-,17-,18+,19-,21-/m0/s1. The molecule has 1 aliphatic rings. The SMILES string of the molecule is COc1cc(NC(C)CCCNC(=O)O[C@@H]2O[C@H](C(=O)O)[C@@H](O)[C@H](O)[C@H]2O)c2ncccc2c1. The number of anilines is 1. The molecular weight excluding hydrogens is 450 g/mol. The first-order valence-electron chi connectivity index (χ1n) is 10.8. The Kier molecular flexibility index (Phi) is 8.45. The number of carboxylic acids is 1. The van der Waals surface area contributed by atoms with E-state index in [-0.39, 0.29) is 12.6 Å². The first-order valence-corrected chi connectivity index (χ1v) is 10.8. The molecule has 3 rings (SSSR count). The third-order valence-electron chi connectivity index (χ3n) is 5.44. The molecular formula is C22H29N3O9. The fourth-order valence-corrected chi connectivity index (χ4v) is 3.63. The van der Waals surface area contributed by atoms with E-state index in [0.717, 1.165) is 16.6 Å². The fourth-order valence-electron chi connectivity index (χ4n) is 3.63. The summed E-state index contributed by atoms with van der Waals surface area (Å²) in [6.45, 7) is 2.22. The van der Waals surface area contributed by atoms with E-state index in [0.29, 0.717) is 18.6 Å². The molecule has 0 radical (unpaired) electrons. The van der Waals surface area contributed by atoms with Crippen LogP contribution >= 0.6 is 0 Å². The van der Waals surface area contributed by atoms with Gasteiger partial charge in [-0.25, -0.2) is 9.59 Å². The topological polar surface area (TPSA) is 180 Å². The van der Waals surface area contributed by atoms with Crippen LogP contribution in [-0.4, -0.2) is 87.9 Å². The number of pyridine rings is 1. The number of nitrogens with one attached hydrogen (secondary N) is 2. The normalized spacial score (nSPS) is 25.4. The van der Waals surface area contributed by atoms with Crippen molar-refractivity contribution in [2.24, 2.45) is 0 Å². The number of hydrogen-bond acceptors (Lipinski definition) is 10. The number of hydrogen-bond donors (Lipinski definition) is 6. The number of alkyl carbamates (subject to hydrolysis) is 1. The van der Waals surface area contributed by atoms with Crippen molar-refractivity contribution in [3.63, 3.8) is 0 Å². The number of benzene rings is 1. The average molecular weight is 479 g/mol. The van der Waals surface area contributed by atoms with Crippen LogP contribution in [-0.2, 0) is 14.3 Å². The molecule has 12 heteroatoms. The highest BCUT2D eigenvalue weighted by Crippen LogP contribution is 2.28. The number of aliphatic hydroxyl groups is 3. The summed E-state index contributed by atoms with van der Waals surface area (Å²) in [7, 11) is 1.59. The van der Waals surface area contributed by atoms with Gasteiger partial charge in [0, 0.05) is 30.2 Å². The summed E-state index contributed by atoms with van der Waals surface area (Å²) in [5.41, 5.74) is 1.64. The van der Waals surface area contributed by atoms with E-state index in [4.69, 9.17) is 19.3 Å². The predicted octanol–water partition coefficient (Wildman–Crippen LogP) is 0.442. The molecule has 1 fully saturated rings. The number of carbonyl (C=O) groups is 2. The van der Waals surface area contributed by atoms with Gasteiger partial charge in [-0.05, 0) is 31.9 Å². The smallest absolute Gasteiger partial charge is 0.409 e. The van der Waals surface area contributed by atoms with Gasteiger partial charge in [0.15, 0.2) is 6.10 Å². The van der Waals surface area contributed by atoms with Crippen molar-refractivity contribution in [2.75, 3.05) is 19.0 Å². The highest BCUT2D eigenvalue weighted by Gasteiger charge is 2.48. The Hall–Kier alpha value is -3.19. The van der Waals surface area contributed by atoms with Gasteiger partial charge in [-0.1, -0.05) is 6.07 Å². The first kappa shape index (κ1) is 25.4. The van der Waals surface area contributed by atoms with E-state index >= 15 is 0 Å². The van der Waals surface area contributed by atoms with Crippen LogP contribution in [0.4, 0.5) is 10.5 Å². The number of carboxylic acid groups (broad SMARTS) is 1. The fraction of sp³-hybridized carbons (Fsp3) is 0.500. The average Bonchev–Trinajstić information content (AvgIpc) is 2.81. The summed E-state index contributed by atoms with van der Waals surface area (Å²) in [4.78, 5) is 27.6. The van der Waals surface area contributed by atoms with Crippen molar-refractivity contribution in [1.29, 1.82) is 0 Å². The lowest BCUT2D eigenvalue weighted by Crippen LogP contribution is -2.61. The van der Waals surface area contributed by atoms with E-state index in [1.807, 2.05) is 31.2 Å². The Labute approximate surface area is 195 Å². The van der Waals surface area contributed by atoms with Crippen LogP contribution in [0.25, 0.3) is 10.9 Å². The molecule has 6 N–H and O–H groups in total. The number of aliphatic hydroxyl groups excluding tert-OH is 3. The molecule has 2 heterocycles. The molecule has 2 aromatic rings. The molecule has 12 nitrogen and oxygen atoms in total. The van der Waals surface area contributed by atoms with Crippen molar-refractivity contribution >= 4 is 28.7 Å². The third-order valence-corrected chi connectivity index (χ3v) is 5.44. The Bertz CT molecular complexity index is 1000. The molecule has 0 bridgehead atoms. The summed E-state index contributed by atoms with van der Waals surface area (Å²) in [5, 5.41) is 45.2. The number of rotatable bonds is 9. The number of nitrogens with zero attached hydrogens (tertiary/aromatic N) is 1. The van der Waals surface area contributed by atoms with Crippen LogP contribution in [0.1, 0.15) is 19.8 Å². The van der Waals surface area contributed by atoms with Gasteiger partial charge in [-0.2, -0.15) is 0 Å². The number of methoxy groups -OCH3 is 1. The Morgan fingerprint density at radius 2 is 1.97 bits per heavy atom. The van der Waals surface area contributed by atoms with E-state index in [1.54, 1.807) is 13.3 Å². The number of aromatic nitrogens is 1. The van der Waals surface area contributed by atoms with Crippen molar-refractivity contribution in [1.82, 2.24) is 10.3 Å². The maximum Gasteiger partial charge on any atom is 0.409 e. The maximum atomic E-state index is 12.0. The molecule has 0 aliphatic carbocycles. The molecule has 34 heavy (non-hydrogen) atoms. The Morgan fingerprint density at radius 3 is 2.68 bits per heavy atom. The van der Waals surface area contributed by atoms with Crippen LogP contribution in [0.5, 0.6) is 5.75 Å². The van der Waals surface area contributed by atoms with Crippen LogP contribution in [0.3, 0.4) is 0 Å². The van der Waals surface area contributed by atoms with E-state index < -0.39 is 42.8 Å². The lowest BCUT2D eigenvalue weighted by atomic mass is 9.99. The van der Waals surface area contributed by atoms with Crippen molar-refractivity contribution in [3.8, 4) is 5.75 Å². The summed E-state index contributed by atoms with van der Waals surface area (Å²) in [6, 6.07) is 7.60. The van der Waals surface area contributed by atoms with E-state index in [2.05, 4.69) is 15.6 Å². The highest BCUT2D eigenvalue weighted by molar-refractivity contribution is 5.91. The minimum atomic E-state index is -1.86. The molecule has 1 aliphatic heterocycles. The number of aliphatic carboxylic acids is 1. The second-order valence-corrected chi connectivity index (χ2v) is 8.00. The van der Waals surface area contributed by atoms with Gasteiger partial charge in [0.1, 0.15) is 24.1 Å². The zero-order chi connectivity index (χ0) is 24.8. The quantitative estimate of drug-likeness (QED) is 0.275. The monoisotopic (exact) mass is 479 g/mol. The molecule has 186 valence electrons. The molecule has 1 saturated heterocycles. The lowest BCUT2D eigenvalue weighted by molar-refractivity contribution is -0.278. The zero-order valence-corrected chi connectivity index (χ0v) is 18.7. The van der Waals surface area contributed by atoms with Crippen molar-refractivity contribution < 1.29 is 44.2 Å². The van der Waals surface area contributed by atoms with Gasteiger partial charge in [0.05, 0.1) is 18.3 Å². The van der Waals surface area contributed by atoms with Crippen LogP contribution in [0.15, 0.2) is 30.5 Å². The van der Waals surface area contributed by atoms with Gasteiger partial charge < -0.3 is 45.3 Å². The highest BCUT2D eigenvalue weighted by atomic mass is 16.7. The number of amides is 1. The summed E-state index contributed by atoms with van der Waals surface area (Å²) in [5.74, 6) is -0.859. The van der Waals surface area contributed by atoms with Gasteiger partial charge >= 0.3 is 12.1 Å². The number of carbonyl (C=O) groups excluding carboxylic acids is 1. The van der Waals surface area contributed by atoms with Crippen molar-refractivity contribution in [2.45, 2.75) is 56.5 Å². The molecule has 1 aromatic carbocycles. The number of fused-ring (bicyclic) bond motifs is 1. The first-order chi connectivity index (χ1) is 16.2. The minimum absolute atomic E-state index is 0.0339. The van der Waals surface area contributed by atoms with Crippen molar-refractivity contribution in [3.05, 3.63) is 30.5 Å². The van der Waals surface area contributed by atoms with E-state index in [9.17, 15) is 24.9 Å². The van der Waals surface area contributed by atoms with Crippen LogP contribution < -0.4 is 15.4 Å². The van der Waals surface area contributed by atoms with Gasteiger partial charge in [-0.15, -0.1) is 0 Å². The zero-order valence-electron chi connectivity index (χ0n) is 18.7. The third kappa shape index (κ3) is 6.03. The van der Waals surface area contributed by atoms with Gasteiger partial charge in [-0.3, -0.25) is 4.98 Å². The second kappa shape index (κ2) is 11.3. The summed E-state index contributed by atoms with van der Waals surface area (Å²) in [6.07, 6.45) is -7.08. The Morgan fingerprint density at radius 1 is 1.21 bits per heavy atom. The summed E-state index contributed by atoms with van der Waals surface area (Å²) < 4.78 is 15.1. The van der Waals surface area contributed by atoms with Gasteiger partial charge in [0.25, 0.3) is 0 Å². The Balaban J connectivity index is 1.46. The maximum absolute atomic E-state index is 12.0. The van der Waals surface area contributed by atoms with Gasteiger partial charge in [0.2, 0.25) is 6.29 Å². The molecule has 1 unspecified atom stereocenters. The molecule has 1 aromatic heterocycles. The minimum Gasteiger partial charge on any atom is -0.497 e. The summed E-state index contributed by atoms with van der Waals surface area (Å²) >= 11 is 0. The number of ether oxygens (including phenoxy) is 3. The predicted molar refractivity (Wildman–Crippen MR) is 119 cm³/mol. The van der Waals surface area contributed by atoms with Crippen LogP contribution in [0.2, 0.25) is 0 Å². The molecule has 6 atom stereocenters. The molecule has 1 amide bonds. The van der Waals surface area contributed by atoms with E-state index in [1.165, 1.54) is 0 Å².